The Morgan fingerprint density at radius 2 is 1.85 bits per heavy atom. The first-order valence-electron chi connectivity index (χ1n) is 7.12. The van der Waals surface area contributed by atoms with Crippen molar-refractivity contribution in [2.24, 2.45) is 0 Å². The van der Waals surface area contributed by atoms with E-state index in [2.05, 4.69) is 22.5 Å². The molecule has 1 heterocycles. The van der Waals surface area contributed by atoms with Crippen LogP contribution in [0.1, 0.15) is 60.7 Å². The highest BCUT2D eigenvalue weighted by molar-refractivity contribution is 5.99. The molecule has 0 aliphatic carbocycles. The predicted octanol–water partition coefficient (Wildman–Crippen LogP) is 2.14. The van der Waals surface area contributed by atoms with E-state index in [1.807, 2.05) is 13.8 Å². The monoisotopic (exact) mass is 277 g/mol. The number of nitrogens with zero attached hydrogens (tertiary/aromatic N) is 1. The molecular weight excluding hydrogens is 254 g/mol. The average molecular weight is 277 g/mol. The summed E-state index contributed by atoms with van der Waals surface area (Å²) in [6, 6.07) is 1.68. The standard InChI is InChI=1S/C15H23N3O2/c1-4-6-7-17-14(19)12-8-13(10-16-9-12)15(20)18-11(3)5-2/h8-11H,4-7H2,1-3H3,(H,17,19)(H,18,20). The van der Waals surface area contributed by atoms with Crippen LogP contribution in [-0.2, 0) is 0 Å². The number of hydrogen-bond acceptors (Lipinski definition) is 3. The predicted molar refractivity (Wildman–Crippen MR) is 78.7 cm³/mol. The summed E-state index contributed by atoms with van der Waals surface area (Å²) in [6.07, 6.45) is 5.77. The third-order valence-corrected chi connectivity index (χ3v) is 3.07. The summed E-state index contributed by atoms with van der Waals surface area (Å²) < 4.78 is 0. The Morgan fingerprint density at radius 3 is 2.45 bits per heavy atom. The van der Waals surface area contributed by atoms with Crippen LogP contribution in [0.4, 0.5) is 0 Å². The van der Waals surface area contributed by atoms with Gasteiger partial charge in [-0.05, 0) is 25.8 Å². The third-order valence-electron chi connectivity index (χ3n) is 3.07. The van der Waals surface area contributed by atoms with Crippen molar-refractivity contribution >= 4 is 11.8 Å². The SMILES string of the molecule is CCCCNC(=O)c1cncc(C(=O)NC(C)CC)c1. The fourth-order valence-corrected chi connectivity index (χ4v) is 1.58. The molecule has 0 saturated heterocycles. The van der Waals surface area contributed by atoms with Crippen LogP contribution < -0.4 is 10.6 Å². The molecule has 0 aliphatic heterocycles. The Bertz CT molecular complexity index is 460. The van der Waals surface area contributed by atoms with Crippen molar-refractivity contribution < 1.29 is 9.59 Å². The van der Waals surface area contributed by atoms with E-state index in [0.717, 1.165) is 19.3 Å². The lowest BCUT2D eigenvalue weighted by atomic mass is 10.1. The first kappa shape index (κ1) is 16.1. The van der Waals surface area contributed by atoms with Gasteiger partial charge in [-0.15, -0.1) is 0 Å². The lowest BCUT2D eigenvalue weighted by Crippen LogP contribution is -2.32. The van der Waals surface area contributed by atoms with Gasteiger partial charge in [0.2, 0.25) is 0 Å². The smallest absolute Gasteiger partial charge is 0.253 e. The molecule has 0 radical (unpaired) electrons. The van der Waals surface area contributed by atoms with E-state index in [0.29, 0.717) is 17.7 Å². The zero-order valence-corrected chi connectivity index (χ0v) is 12.4. The summed E-state index contributed by atoms with van der Waals surface area (Å²) in [5, 5.41) is 5.66. The second kappa shape index (κ2) is 8.30. The molecule has 20 heavy (non-hydrogen) atoms. The Labute approximate surface area is 120 Å². The topological polar surface area (TPSA) is 71.1 Å². The van der Waals surface area contributed by atoms with E-state index >= 15 is 0 Å². The molecule has 2 amide bonds. The largest absolute Gasteiger partial charge is 0.352 e. The Morgan fingerprint density at radius 1 is 1.20 bits per heavy atom. The molecule has 5 nitrogen and oxygen atoms in total. The van der Waals surface area contributed by atoms with Crippen LogP contribution in [0.2, 0.25) is 0 Å². The Balaban J connectivity index is 2.70. The van der Waals surface area contributed by atoms with Gasteiger partial charge in [0.1, 0.15) is 0 Å². The number of aromatic nitrogens is 1. The van der Waals surface area contributed by atoms with Crippen molar-refractivity contribution in [3.63, 3.8) is 0 Å². The molecule has 1 atom stereocenters. The molecule has 1 aromatic heterocycles. The minimum absolute atomic E-state index is 0.101. The maximum atomic E-state index is 12.0. The minimum Gasteiger partial charge on any atom is -0.352 e. The van der Waals surface area contributed by atoms with Gasteiger partial charge in [0.05, 0.1) is 11.1 Å². The van der Waals surface area contributed by atoms with Crippen LogP contribution in [0, 0.1) is 0 Å². The van der Waals surface area contributed by atoms with Gasteiger partial charge in [0, 0.05) is 25.0 Å². The normalized spacial score (nSPS) is 11.8. The zero-order valence-electron chi connectivity index (χ0n) is 12.4. The number of carbonyl (C=O) groups is 2. The van der Waals surface area contributed by atoms with Crippen LogP contribution in [0.15, 0.2) is 18.5 Å². The van der Waals surface area contributed by atoms with Crippen molar-refractivity contribution in [1.29, 1.82) is 0 Å². The maximum Gasteiger partial charge on any atom is 0.253 e. The van der Waals surface area contributed by atoms with Crippen molar-refractivity contribution in [1.82, 2.24) is 15.6 Å². The number of pyridine rings is 1. The molecule has 0 aliphatic rings. The van der Waals surface area contributed by atoms with Crippen molar-refractivity contribution in [2.45, 2.75) is 46.1 Å². The quantitative estimate of drug-likeness (QED) is 0.750. The molecule has 2 N–H and O–H groups in total. The first-order chi connectivity index (χ1) is 9.58. The molecular formula is C15H23N3O2. The second-order valence-electron chi connectivity index (χ2n) is 4.85. The summed E-state index contributed by atoms with van der Waals surface area (Å²) in [6.45, 7) is 6.64. The summed E-state index contributed by atoms with van der Waals surface area (Å²) in [5.74, 6) is -0.390. The molecule has 0 aromatic carbocycles. The molecule has 1 rings (SSSR count). The fraction of sp³-hybridized carbons (Fsp3) is 0.533. The van der Waals surface area contributed by atoms with Crippen LogP contribution >= 0.6 is 0 Å². The summed E-state index contributed by atoms with van der Waals surface area (Å²) in [5.41, 5.74) is 0.825. The van der Waals surface area contributed by atoms with Crippen molar-refractivity contribution in [2.75, 3.05) is 6.54 Å². The highest BCUT2D eigenvalue weighted by atomic mass is 16.2. The highest BCUT2D eigenvalue weighted by Crippen LogP contribution is 2.04. The highest BCUT2D eigenvalue weighted by Gasteiger charge is 2.12. The first-order valence-corrected chi connectivity index (χ1v) is 7.12. The number of nitrogens with one attached hydrogen (secondary N) is 2. The fourth-order valence-electron chi connectivity index (χ4n) is 1.58. The Kier molecular flexibility index (Phi) is 6.70. The average Bonchev–Trinajstić information content (AvgIpc) is 2.47. The summed E-state index contributed by atoms with van der Waals surface area (Å²) in [7, 11) is 0. The van der Waals surface area contributed by atoms with Gasteiger partial charge in [0.25, 0.3) is 11.8 Å². The van der Waals surface area contributed by atoms with Crippen LogP contribution in [0.25, 0.3) is 0 Å². The number of rotatable bonds is 7. The van der Waals surface area contributed by atoms with Gasteiger partial charge in [-0.25, -0.2) is 0 Å². The van der Waals surface area contributed by atoms with Crippen molar-refractivity contribution in [3.05, 3.63) is 29.6 Å². The molecule has 1 aromatic rings. The molecule has 0 bridgehead atoms. The van der Waals surface area contributed by atoms with E-state index in [4.69, 9.17) is 0 Å². The van der Waals surface area contributed by atoms with Gasteiger partial charge in [-0.2, -0.15) is 0 Å². The van der Waals surface area contributed by atoms with Gasteiger partial charge in [-0.1, -0.05) is 20.3 Å². The number of unbranched alkanes of at least 4 members (excludes halogenated alkanes) is 1. The summed E-state index contributed by atoms with van der Waals surface area (Å²) in [4.78, 5) is 27.8. The van der Waals surface area contributed by atoms with E-state index in [9.17, 15) is 9.59 Å². The van der Waals surface area contributed by atoms with E-state index in [1.54, 1.807) is 6.07 Å². The number of hydrogen-bond donors (Lipinski definition) is 2. The molecule has 0 saturated carbocycles. The molecule has 0 fully saturated rings. The molecule has 0 spiro atoms. The zero-order chi connectivity index (χ0) is 15.0. The van der Waals surface area contributed by atoms with Gasteiger partial charge in [-0.3, -0.25) is 14.6 Å². The molecule has 110 valence electrons. The lowest BCUT2D eigenvalue weighted by Gasteiger charge is -2.11. The van der Waals surface area contributed by atoms with Crippen molar-refractivity contribution in [3.8, 4) is 0 Å². The van der Waals surface area contributed by atoms with Gasteiger partial charge in [0.15, 0.2) is 0 Å². The maximum absolute atomic E-state index is 12.0. The lowest BCUT2D eigenvalue weighted by molar-refractivity contribution is 0.0939. The second-order valence-corrected chi connectivity index (χ2v) is 4.85. The molecule has 5 heteroatoms. The molecule has 1 unspecified atom stereocenters. The third kappa shape index (κ3) is 4.99. The van der Waals surface area contributed by atoms with E-state index < -0.39 is 0 Å². The number of carbonyl (C=O) groups excluding carboxylic acids is 2. The van der Waals surface area contributed by atoms with E-state index in [-0.39, 0.29) is 17.9 Å². The van der Waals surface area contributed by atoms with Crippen LogP contribution in [0.3, 0.4) is 0 Å². The van der Waals surface area contributed by atoms with Gasteiger partial charge >= 0.3 is 0 Å². The Hall–Kier alpha value is -1.91. The summed E-state index contributed by atoms with van der Waals surface area (Å²) >= 11 is 0. The van der Waals surface area contributed by atoms with Crippen LogP contribution in [0.5, 0.6) is 0 Å². The minimum atomic E-state index is -0.199. The number of amides is 2. The van der Waals surface area contributed by atoms with Gasteiger partial charge < -0.3 is 10.6 Å². The van der Waals surface area contributed by atoms with Crippen LogP contribution in [-0.4, -0.2) is 29.4 Å². The van der Waals surface area contributed by atoms with E-state index in [1.165, 1.54) is 12.4 Å².